The van der Waals surface area contributed by atoms with Gasteiger partial charge in [-0.25, -0.2) is 4.79 Å². The van der Waals surface area contributed by atoms with E-state index in [0.29, 0.717) is 19.6 Å². The molecule has 1 heterocycles. The highest BCUT2D eigenvalue weighted by Gasteiger charge is 2.13. The molecule has 0 atom stereocenters. The van der Waals surface area contributed by atoms with Crippen molar-refractivity contribution in [2.75, 3.05) is 13.1 Å². The number of likely N-dealkylation sites (N-methyl/N-ethyl adjacent to an activating group) is 1. The first kappa shape index (κ1) is 15.2. The molecule has 106 valence electrons. The van der Waals surface area contributed by atoms with Gasteiger partial charge in [0.25, 0.3) is 5.56 Å². The Morgan fingerprint density at radius 2 is 1.84 bits per heavy atom. The number of hydrogen-bond acceptors (Lipinski definition) is 3. The van der Waals surface area contributed by atoms with Gasteiger partial charge in [0.05, 0.1) is 0 Å². The Balaban J connectivity index is 3.07. The summed E-state index contributed by atoms with van der Waals surface area (Å²) in [6.07, 6.45) is 2.27. The van der Waals surface area contributed by atoms with Crippen molar-refractivity contribution in [3.8, 4) is 0 Å². The van der Waals surface area contributed by atoms with Crippen LogP contribution in [0.1, 0.15) is 27.2 Å². The molecule has 6 heteroatoms. The standard InChI is InChI=1S/C13H21N3O3/c1-4-8-15-9-7-11(17)16(13(15)19)10-12(18)14(5-2)6-3/h7,9H,4-6,8,10H2,1-3H3. The van der Waals surface area contributed by atoms with E-state index in [4.69, 9.17) is 0 Å². The molecule has 0 saturated carbocycles. The molecular weight excluding hydrogens is 246 g/mol. The summed E-state index contributed by atoms with van der Waals surface area (Å²) in [4.78, 5) is 37.3. The predicted octanol–water partition coefficient (Wildman–Crippen LogP) is 0.288. The van der Waals surface area contributed by atoms with Gasteiger partial charge in [-0.2, -0.15) is 0 Å². The maximum absolute atomic E-state index is 12.1. The average molecular weight is 267 g/mol. The van der Waals surface area contributed by atoms with Gasteiger partial charge >= 0.3 is 5.69 Å². The van der Waals surface area contributed by atoms with Gasteiger partial charge in [-0.15, -0.1) is 0 Å². The summed E-state index contributed by atoms with van der Waals surface area (Å²) in [5.41, 5.74) is -0.854. The second-order valence-corrected chi connectivity index (χ2v) is 4.28. The normalized spacial score (nSPS) is 10.5. The molecule has 19 heavy (non-hydrogen) atoms. The second-order valence-electron chi connectivity index (χ2n) is 4.28. The number of nitrogens with zero attached hydrogens (tertiary/aromatic N) is 3. The lowest BCUT2D eigenvalue weighted by molar-refractivity contribution is -0.131. The number of aryl methyl sites for hydroxylation is 1. The molecule has 0 aromatic carbocycles. The van der Waals surface area contributed by atoms with Crippen molar-refractivity contribution >= 4 is 5.91 Å². The number of carbonyl (C=O) groups is 1. The van der Waals surface area contributed by atoms with Crippen LogP contribution in [0.25, 0.3) is 0 Å². The lowest BCUT2D eigenvalue weighted by atomic mass is 10.4. The highest BCUT2D eigenvalue weighted by Crippen LogP contribution is 1.91. The van der Waals surface area contributed by atoms with Crippen LogP contribution in [0.2, 0.25) is 0 Å². The number of hydrogen-bond donors (Lipinski definition) is 0. The van der Waals surface area contributed by atoms with E-state index in [0.717, 1.165) is 11.0 Å². The summed E-state index contributed by atoms with van der Waals surface area (Å²) < 4.78 is 2.45. The van der Waals surface area contributed by atoms with Crippen LogP contribution in [0.5, 0.6) is 0 Å². The van der Waals surface area contributed by atoms with Crippen LogP contribution < -0.4 is 11.2 Å². The third kappa shape index (κ3) is 3.56. The van der Waals surface area contributed by atoms with E-state index < -0.39 is 11.2 Å². The molecule has 0 aliphatic rings. The van der Waals surface area contributed by atoms with Crippen molar-refractivity contribution in [2.24, 2.45) is 0 Å². The molecule has 1 aromatic heterocycles. The van der Waals surface area contributed by atoms with Crippen molar-refractivity contribution in [2.45, 2.75) is 40.3 Å². The van der Waals surface area contributed by atoms with Crippen LogP contribution in [0.3, 0.4) is 0 Å². The van der Waals surface area contributed by atoms with E-state index in [1.807, 2.05) is 20.8 Å². The fraction of sp³-hybridized carbons (Fsp3) is 0.615. The summed E-state index contributed by atoms with van der Waals surface area (Å²) in [6.45, 7) is 7.17. The minimum absolute atomic E-state index is 0.191. The molecule has 1 rings (SSSR count). The van der Waals surface area contributed by atoms with Crippen molar-refractivity contribution in [3.63, 3.8) is 0 Å². The second kappa shape index (κ2) is 6.92. The minimum atomic E-state index is -0.433. The van der Waals surface area contributed by atoms with Crippen LogP contribution in [0.4, 0.5) is 0 Å². The smallest absolute Gasteiger partial charge is 0.331 e. The van der Waals surface area contributed by atoms with Crippen molar-refractivity contribution < 1.29 is 4.79 Å². The van der Waals surface area contributed by atoms with E-state index in [1.54, 1.807) is 4.90 Å². The summed E-state index contributed by atoms with van der Waals surface area (Å²) in [5, 5.41) is 0. The molecule has 0 unspecified atom stereocenters. The Morgan fingerprint density at radius 1 is 1.21 bits per heavy atom. The Morgan fingerprint density at radius 3 is 2.37 bits per heavy atom. The average Bonchev–Trinajstić information content (AvgIpc) is 2.39. The number of carbonyl (C=O) groups excluding carboxylic acids is 1. The highest BCUT2D eigenvalue weighted by atomic mass is 16.2. The van der Waals surface area contributed by atoms with E-state index in [9.17, 15) is 14.4 Å². The Bertz CT molecular complexity index is 541. The maximum atomic E-state index is 12.1. The molecule has 0 saturated heterocycles. The van der Waals surface area contributed by atoms with Crippen LogP contribution in [0.15, 0.2) is 21.9 Å². The summed E-state index contributed by atoms with van der Waals surface area (Å²) in [5.74, 6) is -0.210. The van der Waals surface area contributed by atoms with Gasteiger partial charge in [0, 0.05) is 31.9 Å². The van der Waals surface area contributed by atoms with Crippen LogP contribution >= 0.6 is 0 Å². The van der Waals surface area contributed by atoms with Crippen molar-refractivity contribution in [1.29, 1.82) is 0 Å². The number of amides is 1. The third-order valence-corrected chi connectivity index (χ3v) is 3.01. The minimum Gasteiger partial charge on any atom is -0.342 e. The molecule has 1 amide bonds. The SMILES string of the molecule is CCCn1ccc(=O)n(CC(=O)N(CC)CC)c1=O. The quantitative estimate of drug-likeness (QED) is 0.744. The summed E-state index contributed by atoms with van der Waals surface area (Å²) >= 11 is 0. The zero-order valence-corrected chi connectivity index (χ0v) is 11.8. The van der Waals surface area contributed by atoms with Crippen LogP contribution in [-0.4, -0.2) is 33.0 Å². The fourth-order valence-electron chi connectivity index (χ4n) is 1.92. The van der Waals surface area contributed by atoms with Gasteiger partial charge in [0.1, 0.15) is 6.54 Å². The molecule has 0 N–H and O–H groups in total. The molecule has 0 spiro atoms. The lowest BCUT2D eigenvalue weighted by Crippen LogP contribution is -2.44. The molecule has 6 nitrogen and oxygen atoms in total. The lowest BCUT2D eigenvalue weighted by Gasteiger charge is -2.19. The maximum Gasteiger partial charge on any atom is 0.331 e. The Kier molecular flexibility index (Phi) is 5.54. The van der Waals surface area contributed by atoms with Gasteiger partial charge < -0.3 is 9.47 Å². The summed E-state index contributed by atoms with van der Waals surface area (Å²) in [6, 6.07) is 1.33. The highest BCUT2D eigenvalue weighted by molar-refractivity contribution is 5.75. The first-order valence-electron chi connectivity index (χ1n) is 6.63. The molecule has 0 bridgehead atoms. The zero-order chi connectivity index (χ0) is 14.4. The molecule has 0 aliphatic heterocycles. The predicted molar refractivity (Wildman–Crippen MR) is 73.2 cm³/mol. The third-order valence-electron chi connectivity index (χ3n) is 3.01. The van der Waals surface area contributed by atoms with E-state index in [-0.39, 0.29) is 12.5 Å². The van der Waals surface area contributed by atoms with Gasteiger partial charge in [0.15, 0.2) is 0 Å². The van der Waals surface area contributed by atoms with E-state index >= 15 is 0 Å². The van der Waals surface area contributed by atoms with Gasteiger partial charge in [-0.3, -0.25) is 14.2 Å². The Hall–Kier alpha value is -1.85. The van der Waals surface area contributed by atoms with Crippen molar-refractivity contribution in [1.82, 2.24) is 14.0 Å². The molecule has 0 aliphatic carbocycles. The first-order chi connectivity index (χ1) is 9.04. The van der Waals surface area contributed by atoms with Crippen LogP contribution in [-0.2, 0) is 17.9 Å². The van der Waals surface area contributed by atoms with E-state index in [2.05, 4.69) is 0 Å². The van der Waals surface area contributed by atoms with Crippen LogP contribution in [0, 0.1) is 0 Å². The number of rotatable bonds is 6. The molecule has 0 radical (unpaired) electrons. The van der Waals surface area contributed by atoms with Gasteiger partial charge in [-0.05, 0) is 20.3 Å². The zero-order valence-electron chi connectivity index (χ0n) is 11.8. The Labute approximate surface area is 112 Å². The molecular formula is C13H21N3O3. The first-order valence-corrected chi connectivity index (χ1v) is 6.63. The van der Waals surface area contributed by atoms with Gasteiger partial charge in [0.2, 0.25) is 5.91 Å². The monoisotopic (exact) mass is 267 g/mol. The summed E-state index contributed by atoms with van der Waals surface area (Å²) in [7, 11) is 0. The topological polar surface area (TPSA) is 64.3 Å². The largest absolute Gasteiger partial charge is 0.342 e. The molecule has 0 fully saturated rings. The van der Waals surface area contributed by atoms with Gasteiger partial charge in [-0.1, -0.05) is 6.92 Å². The number of aromatic nitrogens is 2. The molecule has 1 aromatic rings. The van der Waals surface area contributed by atoms with E-state index in [1.165, 1.54) is 16.8 Å². The fourth-order valence-corrected chi connectivity index (χ4v) is 1.92. The van der Waals surface area contributed by atoms with Crippen molar-refractivity contribution in [3.05, 3.63) is 33.1 Å².